The number of hydrogen-bond acceptors (Lipinski definition) is 2. The lowest BCUT2D eigenvalue weighted by molar-refractivity contribution is -0.157. The Morgan fingerprint density at radius 1 is 1.62 bits per heavy atom. The fourth-order valence-corrected chi connectivity index (χ4v) is 1.50. The second-order valence-corrected chi connectivity index (χ2v) is 3.42. The van der Waals surface area contributed by atoms with E-state index in [9.17, 15) is 13.6 Å². The van der Waals surface area contributed by atoms with Crippen LogP contribution in [0.15, 0.2) is 0 Å². The molecule has 0 N–H and O–H groups in total. The maximum atomic E-state index is 12.8. The average Bonchev–Trinajstić information content (AvgIpc) is 2.02. The van der Waals surface area contributed by atoms with Crippen LogP contribution in [0.4, 0.5) is 8.78 Å². The SMILES string of the molecule is CCC(=O)OC1CCCC(F)(F)C1. The molecule has 1 fully saturated rings. The Morgan fingerprint density at radius 2 is 2.31 bits per heavy atom. The molecule has 1 aliphatic carbocycles. The van der Waals surface area contributed by atoms with Gasteiger partial charge in [-0.15, -0.1) is 0 Å². The highest BCUT2D eigenvalue weighted by Crippen LogP contribution is 2.34. The maximum Gasteiger partial charge on any atom is 0.305 e. The first kappa shape index (κ1) is 10.4. The lowest BCUT2D eigenvalue weighted by Gasteiger charge is -2.28. The molecular weight excluding hydrogens is 178 g/mol. The van der Waals surface area contributed by atoms with Crippen molar-refractivity contribution in [2.45, 2.75) is 51.1 Å². The van der Waals surface area contributed by atoms with Gasteiger partial charge in [0.25, 0.3) is 5.92 Å². The number of hydrogen-bond donors (Lipinski definition) is 0. The molecule has 0 aromatic carbocycles. The van der Waals surface area contributed by atoms with Gasteiger partial charge in [0.15, 0.2) is 0 Å². The van der Waals surface area contributed by atoms with Crippen molar-refractivity contribution < 1.29 is 18.3 Å². The van der Waals surface area contributed by atoms with Crippen molar-refractivity contribution >= 4 is 5.97 Å². The molecule has 0 aromatic heterocycles. The third kappa shape index (κ3) is 3.28. The minimum Gasteiger partial charge on any atom is -0.462 e. The van der Waals surface area contributed by atoms with E-state index in [0.717, 1.165) is 0 Å². The number of carbonyl (C=O) groups is 1. The van der Waals surface area contributed by atoms with Crippen molar-refractivity contribution in [2.75, 3.05) is 0 Å². The molecule has 0 radical (unpaired) electrons. The standard InChI is InChI=1S/C9H14F2O2/c1-2-8(12)13-7-4-3-5-9(10,11)6-7/h7H,2-6H2,1H3. The minimum absolute atomic E-state index is 0.0762. The Balaban J connectivity index is 2.39. The summed E-state index contributed by atoms with van der Waals surface area (Å²) >= 11 is 0. The molecule has 0 amide bonds. The van der Waals surface area contributed by atoms with Crippen molar-refractivity contribution in [1.29, 1.82) is 0 Å². The highest BCUT2D eigenvalue weighted by Gasteiger charge is 2.37. The van der Waals surface area contributed by atoms with E-state index in [1.54, 1.807) is 6.92 Å². The normalized spacial score (nSPS) is 26.8. The van der Waals surface area contributed by atoms with Crippen molar-refractivity contribution in [2.24, 2.45) is 0 Å². The van der Waals surface area contributed by atoms with E-state index >= 15 is 0 Å². The fraction of sp³-hybridized carbons (Fsp3) is 0.889. The molecular formula is C9H14F2O2. The third-order valence-electron chi connectivity index (χ3n) is 2.18. The Bertz CT molecular complexity index is 192. The average molecular weight is 192 g/mol. The summed E-state index contributed by atoms with van der Waals surface area (Å²) in [5.74, 6) is -3.03. The third-order valence-corrected chi connectivity index (χ3v) is 2.18. The Labute approximate surface area is 76.3 Å². The van der Waals surface area contributed by atoms with Crippen molar-refractivity contribution in [3.8, 4) is 0 Å². The van der Waals surface area contributed by atoms with Gasteiger partial charge >= 0.3 is 5.97 Å². The second-order valence-electron chi connectivity index (χ2n) is 3.42. The van der Waals surface area contributed by atoms with E-state index in [-0.39, 0.29) is 25.2 Å². The van der Waals surface area contributed by atoms with Crippen LogP contribution in [-0.2, 0) is 9.53 Å². The first-order valence-electron chi connectivity index (χ1n) is 4.61. The van der Waals surface area contributed by atoms with E-state index in [4.69, 9.17) is 4.74 Å². The summed E-state index contributed by atoms with van der Waals surface area (Å²) < 4.78 is 30.5. The monoisotopic (exact) mass is 192 g/mol. The van der Waals surface area contributed by atoms with Gasteiger partial charge in [0.05, 0.1) is 0 Å². The first-order valence-corrected chi connectivity index (χ1v) is 4.61. The molecule has 0 saturated heterocycles. The van der Waals surface area contributed by atoms with Crippen LogP contribution in [0.1, 0.15) is 39.0 Å². The molecule has 2 nitrogen and oxygen atoms in total. The number of carbonyl (C=O) groups excluding carboxylic acids is 1. The topological polar surface area (TPSA) is 26.3 Å². The predicted molar refractivity (Wildman–Crippen MR) is 43.6 cm³/mol. The van der Waals surface area contributed by atoms with E-state index in [0.29, 0.717) is 12.8 Å². The van der Waals surface area contributed by atoms with Crippen molar-refractivity contribution in [3.05, 3.63) is 0 Å². The smallest absolute Gasteiger partial charge is 0.305 e. The Morgan fingerprint density at radius 3 is 2.85 bits per heavy atom. The Kier molecular flexibility index (Phi) is 3.22. The van der Waals surface area contributed by atoms with Crippen LogP contribution in [0, 0.1) is 0 Å². The van der Waals surface area contributed by atoms with E-state index in [2.05, 4.69) is 0 Å². The van der Waals surface area contributed by atoms with Crippen molar-refractivity contribution in [3.63, 3.8) is 0 Å². The molecule has 1 aliphatic rings. The zero-order valence-electron chi connectivity index (χ0n) is 7.69. The fourth-order valence-electron chi connectivity index (χ4n) is 1.50. The zero-order valence-corrected chi connectivity index (χ0v) is 7.69. The summed E-state index contributed by atoms with van der Waals surface area (Å²) in [6.07, 6.45) is 0.306. The van der Waals surface area contributed by atoms with Gasteiger partial charge in [0, 0.05) is 19.3 Å². The lowest BCUT2D eigenvalue weighted by Crippen LogP contribution is -2.32. The van der Waals surface area contributed by atoms with Crippen molar-refractivity contribution in [1.82, 2.24) is 0 Å². The summed E-state index contributed by atoms with van der Waals surface area (Å²) in [6.45, 7) is 1.66. The molecule has 0 aromatic rings. The summed E-state index contributed by atoms with van der Waals surface area (Å²) in [4.78, 5) is 10.8. The summed E-state index contributed by atoms with van der Waals surface area (Å²) in [6, 6.07) is 0. The number of halogens is 2. The van der Waals surface area contributed by atoms with Crippen LogP contribution < -0.4 is 0 Å². The zero-order chi connectivity index (χ0) is 9.90. The number of alkyl halides is 2. The highest BCUT2D eigenvalue weighted by atomic mass is 19.3. The van der Waals surface area contributed by atoms with Gasteiger partial charge in [-0.05, 0) is 12.8 Å². The van der Waals surface area contributed by atoms with E-state index in [1.807, 2.05) is 0 Å². The van der Waals surface area contributed by atoms with Crippen LogP contribution in [-0.4, -0.2) is 18.0 Å². The van der Waals surface area contributed by atoms with Gasteiger partial charge in [0.1, 0.15) is 6.10 Å². The summed E-state index contributed by atoms with van der Waals surface area (Å²) in [5.41, 5.74) is 0. The van der Waals surface area contributed by atoms with Gasteiger partial charge in [-0.2, -0.15) is 0 Å². The largest absolute Gasteiger partial charge is 0.462 e. The molecule has 1 atom stereocenters. The lowest BCUT2D eigenvalue weighted by atomic mass is 9.94. The van der Waals surface area contributed by atoms with Gasteiger partial charge in [-0.3, -0.25) is 4.79 Å². The molecule has 1 saturated carbocycles. The number of rotatable bonds is 2. The first-order chi connectivity index (χ1) is 6.03. The van der Waals surface area contributed by atoms with Gasteiger partial charge < -0.3 is 4.74 Å². The van der Waals surface area contributed by atoms with Gasteiger partial charge in [-0.25, -0.2) is 8.78 Å². The molecule has 0 bridgehead atoms. The van der Waals surface area contributed by atoms with Crippen LogP contribution in [0.5, 0.6) is 0 Å². The molecule has 0 heterocycles. The van der Waals surface area contributed by atoms with Gasteiger partial charge in [0.2, 0.25) is 0 Å². The molecule has 76 valence electrons. The Hall–Kier alpha value is -0.670. The predicted octanol–water partition coefficient (Wildman–Crippen LogP) is 2.52. The van der Waals surface area contributed by atoms with Gasteiger partial charge in [-0.1, -0.05) is 6.92 Å². The van der Waals surface area contributed by atoms with E-state index < -0.39 is 12.0 Å². The molecule has 13 heavy (non-hydrogen) atoms. The molecule has 1 unspecified atom stereocenters. The maximum absolute atomic E-state index is 12.8. The summed E-state index contributed by atoms with van der Waals surface area (Å²) in [7, 11) is 0. The molecule has 4 heteroatoms. The number of esters is 1. The van der Waals surface area contributed by atoms with Crippen LogP contribution in [0.3, 0.4) is 0 Å². The molecule has 0 spiro atoms. The highest BCUT2D eigenvalue weighted by molar-refractivity contribution is 5.69. The van der Waals surface area contributed by atoms with Crippen LogP contribution >= 0.6 is 0 Å². The van der Waals surface area contributed by atoms with Crippen LogP contribution in [0.25, 0.3) is 0 Å². The molecule has 0 aliphatic heterocycles. The minimum atomic E-state index is -2.64. The quantitative estimate of drug-likeness (QED) is 0.628. The van der Waals surface area contributed by atoms with Crippen LogP contribution in [0.2, 0.25) is 0 Å². The molecule has 1 rings (SSSR count). The summed E-state index contributed by atoms with van der Waals surface area (Å²) in [5, 5.41) is 0. The van der Waals surface area contributed by atoms with E-state index in [1.165, 1.54) is 0 Å². The second kappa shape index (κ2) is 4.03. The number of ether oxygens (including phenoxy) is 1.